The van der Waals surface area contributed by atoms with Gasteiger partial charge in [-0.15, -0.1) is 0 Å². The quantitative estimate of drug-likeness (QED) is 0.881. The first kappa shape index (κ1) is 17.9. The Hall–Kier alpha value is -2.47. The molecule has 3 heterocycles. The molecule has 0 radical (unpaired) electrons. The molecule has 1 unspecified atom stereocenters. The topological polar surface area (TPSA) is 61.4 Å². The summed E-state index contributed by atoms with van der Waals surface area (Å²) in [5.41, 5.74) is 2.02. The summed E-state index contributed by atoms with van der Waals surface area (Å²) in [6, 6.07) is 12.3. The van der Waals surface area contributed by atoms with Gasteiger partial charge in [-0.2, -0.15) is 0 Å². The lowest BCUT2D eigenvalue weighted by atomic mass is 10.1. The van der Waals surface area contributed by atoms with Crippen LogP contribution in [0.2, 0.25) is 0 Å². The van der Waals surface area contributed by atoms with E-state index in [9.17, 15) is 4.79 Å². The van der Waals surface area contributed by atoms with Gasteiger partial charge in [0.25, 0.3) is 0 Å². The normalized spacial score (nSPS) is 20.6. The highest BCUT2D eigenvalue weighted by Crippen LogP contribution is 2.21. The summed E-state index contributed by atoms with van der Waals surface area (Å²) in [5.74, 6) is 0.881. The molecule has 2 aliphatic rings. The summed E-state index contributed by atoms with van der Waals surface area (Å²) in [5, 5.41) is 3.19. The molecule has 0 spiro atoms. The predicted molar refractivity (Wildman–Crippen MR) is 107 cm³/mol. The van der Waals surface area contributed by atoms with Crippen molar-refractivity contribution < 1.29 is 4.79 Å². The van der Waals surface area contributed by atoms with Crippen LogP contribution in [0.3, 0.4) is 0 Å². The van der Waals surface area contributed by atoms with Crippen molar-refractivity contribution in [1.82, 2.24) is 20.2 Å². The Morgan fingerprint density at radius 2 is 1.89 bits per heavy atom. The minimum atomic E-state index is 0.141. The number of nitrogens with zero attached hydrogens (tertiary/aromatic N) is 4. The molecule has 1 atom stereocenters. The standard InChI is InChI=1S/C21H27N5O/c27-20(16-25-12-5-2-6-13-25)23-18-10-14-26(15-18)21-22-11-9-19(24-21)17-7-3-1-4-8-17/h1,3-4,7-9,11,18H,2,5-6,10,12-16H2,(H,23,27). The smallest absolute Gasteiger partial charge is 0.234 e. The van der Waals surface area contributed by atoms with E-state index < -0.39 is 0 Å². The first-order valence-electron chi connectivity index (χ1n) is 9.93. The van der Waals surface area contributed by atoms with Crippen molar-refractivity contribution in [2.45, 2.75) is 31.7 Å². The Kier molecular flexibility index (Phi) is 5.63. The molecule has 0 aliphatic carbocycles. The van der Waals surface area contributed by atoms with E-state index in [2.05, 4.69) is 32.2 Å². The molecule has 142 valence electrons. The lowest BCUT2D eigenvalue weighted by Crippen LogP contribution is -2.44. The third kappa shape index (κ3) is 4.63. The second-order valence-electron chi connectivity index (χ2n) is 7.44. The molecule has 1 N–H and O–H groups in total. The zero-order valence-corrected chi connectivity index (χ0v) is 15.7. The van der Waals surface area contributed by atoms with Gasteiger partial charge in [-0.1, -0.05) is 36.8 Å². The minimum Gasteiger partial charge on any atom is -0.350 e. The third-order valence-electron chi connectivity index (χ3n) is 5.36. The van der Waals surface area contributed by atoms with Crippen LogP contribution in [0.4, 0.5) is 5.95 Å². The second kappa shape index (κ2) is 8.48. The summed E-state index contributed by atoms with van der Waals surface area (Å²) < 4.78 is 0. The van der Waals surface area contributed by atoms with Gasteiger partial charge in [0, 0.05) is 30.9 Å². The number of hydrogen-bond donors (Lipinski definition) is 1. The molecule has 0 bridgehead atoms. The second-order valence-corrected chi connectivity index (χ2v) is 7.44. The molecule has 2 saturated heterocycles. The van der Waals surface area contributed by atoms with Gasteiger partial charge in [-0.05, 0) is 38.4 Å². The van der Waals surface area contributed by atoms with E-state index in [0.717, 1.165) is 49.8 Å². The summed E-state index contributed by atoms with van der Waals surface area (Å²) >= 11 is 0. The Morgan fingerprint density at radius 1 is 1.07 bits per heavy atom. The number of aromatic nitrogens is 2. The van der Waals surface area contributed by atoms with Crippen molar-refractivity contribution in [1.29, 1.82) is 0 Å². The highest BCUT2D eigenvalue weighted by Gasteiger charge is 2.26. The zero-order chi connectivity index (χ0) is 18.5. The summed E-state index contributed by atoms with van der Waals surface area (Å²) in [6.07, 6.45) is 6.45. The van der Waals surface area contributed by atoms with Crippen molar-refractivity contribution in [3.63, 3.8) is 0 Å². The van der Waals surface area contributed by atoms with E-state index in [1.165, 1.54) is 19.3 Å². The number of hydrogen-bond acceptors (Lipinski definition) is 5. The number of benzene rings is 1. The average molecular weight is 365 g/mol. The number of likely N-dealkylation sites (tertiary alicyclic amines) is 1. The Bertz CT molecular complexity index is 760. The maximum Gasteiger partial charge on any atom is 0.234 e. The highest BCUT2D eigenvalue weighted by atomic mass is 16.2. The first-order chi connectivity index (χ1) is 13.3. The van der Waals surface area contributed by atoms with Crippen molar-refractivity contribution >= 4 is 11.9 Å². The van der Waals surface area contributed by atoms with Crippen LogP contribution >= 0.6 is 0 Å². The number of carbonyl (C=O) groups is 1. The fraction of sp³-hybridized carbons (Fsp3) is 0.476. The van der Waals surface area contributed by atoms with E-state index in [1.807, 2.05) is 30.5 Å². The van der Waals surface area contributed by atoms with Crippen molar-refractivity contribution in [3.05, 3.63) is 42.6 Å². The van der Waals surface area contributed by atoms with Crippen LogP contribution in [-0.4, -0.2) is 59.5 Å². The van der Waals surface area contributed by atoms with E-state index in [4.69, 9.17) is 4.98 Å². The molecular weight excluding hydrogens is 338 g/mol. The molecule has 1 amide bonds. The maximum atomic E-state index is 12.3. The van der Waals surface area contributed by atoms with Crippen LogP contribution in [0, 0.1) is 0 Å². The van der Waals surface area contributed by atoms with Crippen LogP contribution in [-0.2, 0) is 4.79 Å². The van der Waals surface area contributed by atoms with Crippen LogP contribution in [0.15, 0.2) is 42.6 Å². The fourth-order valence-electron chi connectivity index (χ4n) is 3.92. The summed E-state index contributed by atoms with van der Waals surface area (Å²) in [7, 11) is 0. The van der Waals surface area contributed by atoms with Gasteiger partial charge >= 0.3 is 0 Å². The molecule has 1 aromatic heterocycles. The molecule has 2 aromatic rings. The van der Waals surface area contributed by atoms with Crippen LogP contribution in [0.5, 0.6) is 0 Å². The number of rotatable bonds is 5. The number of piperidine rings is 1. The Labute approximate surface area is 160 Å². The van der Waals surface area contributed by atoms with Crippen molar-refractivity contribution in [3.8, 4) is 11.3 Å². The maximum absolute atomic E-state index is 12.3. The fourth-order valence-corrected chi connectivity index (χ4v) is 3.92. The number of carbonyl (C=O) groups excluding carboxylic acids is 1. The van der Waals surface area contributed by atoms with E-state index in [1.54, 1.807) is 0 Å². The van der Waals surface area contributed by atoms with Crippen molar-refractivity contribution in [2.75, 3.05) is 37.6 Å². The van der Waals surface area contributed by atoms with E-state index in [0.29, 0.717) is 6.54 Å². The molecule has 2 aliphatic heterocycles. The van der Waals surface area contributed by atoms with Crippen LogP contribution in [0.1, 0.15) is 25.7 Å². The lowest BCUT2D eigenvalue weighted by molar-refractivity contribution is -0.123. The van der Waals surface area contributed by atoms with Gasteiger partial charge in [-0.25, -0.2) is 9.97 Å². The molecule has 1 aromatic carbocycles. The molecule has 0 saturated carbocycles. The number of nitrogens with one attached hydrogen (secondary N) is 1. The number of anilines is 1. The molecule has 6 heteroatoms. The van der Waals surface area contributed by atoms with Crippen molar-refractivity contribution in [2.24, 2.45) is 0 Å². The minimum absolute atomic E-state index is 0.141. The molecule has 2 fully saturated rings. The first-order valence-corrected chi connectivity index (χ1v) is 9.93. The SMILES string of the molecule is O=C(CN1CCCCC1)NC1CCN(c2nccc(-c3ccccc3)n2)C1. The zero-order valence-electron chi connectivity index (χ0n) is 15.7. The molecular formula is C21H27N5O. The van der Waals surface area contributed by atoms with E-state index >= 15 is 0 Å². The number of amides is 1. The van der Waals surface area contributed by atoms with Gasteiger partial charge in [0.15, 0.2) is 0 Å². The van der Waals surface area contributed by atoms with Crippen LogP contribution < -0.4 is 10.2 Å². The summed E-state index contributed by atoms with van der Waals surface area (Å²) in [6.45, 7) is 4.25. The lowest BCUT2D eigenvalue weighted by Gasteiger charge is -2.26. The molecule has 6 nitrogen and oxygen atoms in total. The Balaban J connectivity index is 1.33. The van der Waals surface area contributed by atoms with Gasteiger partial charge in [0.1, 0.15) is 0 Å². The summed E-state index contributed by atoms with van der Waals surface area (Å²) in [4.78, 5) is 25.9. The van der Waals surface area contributed by atoms with Gasteiger partial charge in [-0.3, -0.25) is 9.69 Å². The van der Waals surface area contributed by atoms with Crippen LogP contribution in [0.25, 0.3) is 11.3 Å². The average Bonchev–Trinajstić information content (AvgIpc) is 3.18. The van der Waals surface area contributed by atoms with Gasteiger partial charge < -0.3 is 10.2 Å². The Morgan fingerprint density at radius 3 is 2.70 bits per heavy atom. The predicted octanol–water partition coefficient (Wildman–Crippen LogP) is 2.32. The van der Waals surface area contributed by atoms with Gasteiger partial charge in [0.05, 0.1) is 12.2 Å². The van der Waals surface area contributed by atoms with E-state index in [-0.39, 0.29) is 11.9 Å². The molecule has 4 rings (SSSR count). The monoisotopic (exact) mass is 365 g/mol. The highest BCUT2D eigenvalue weighted by molar-refractivity contribution is 5.78. The largest absolute Gasteiger partial charge is 0.350 e. The third-order valence-corrected chi connectivity index (χ3v) is 5.36. The van der Waals surface area contributed by atoms with Gasteiger partial charge in [0.2, 0.25) is 11.9 Å². The molecule has 27 heavy (non-hydrogen) atoms.